The first kappa shape index (κ1) is 11.6. The van der Waals surface area contributed by atoms with Gasteiger partial charge in [-0.2, -0.15) is 0 Å². The highest BCUT2D eigenvalue weighted by molar-refractivity contribution is 5.71. The van der Waals surface area contributed by atoms with Crippen molar-refractivity contribution in [3.8, 4) is 11.3 Å². The van der Waals surface area contributed by atoms with Crippen LogP contribution < -0.4 is 5.73 Å². The van der Waals surface area contributed by atoms with Gasteiger partial charge < -0.3 is 5.73 Å². The van der Waals surface area contributed by atoms with Crippen molar-refractivity contribution in [3.05, 3.63) is 46.6 Å². The first-order valence-corrected chi connectivity index (χ1v) is 5.80. The van der Waals surface area contributed by atoms with Crippen molar-refractivity contribution in [3.63, 3.8) is 0 Å². The second-order valence-electron chi connectivity index (χ2n) is 4.61. The third-order valence-corrected chi connectivity index (χ3v) is 3.41. The van der Waals surface area contributed by atoms with Crippen molar-refractivity contribution < 1.29 is 0 Å². The molecule has 1 aromatic carbocycles. The molecule has 0 atom stereocenters. The highest BCUT2D eigenvalue weighted by Crippen LogP contribution is 2.30. The number of nitrogens with two attached hydrogens (primary N) is 1. The van der Waals surface area contributed by atoms with E-state index in [-0.39, 0.29) is 0 Å². The van der Waals surface area contributed by atoms with E-state index in [4.69, 9.17) is 5.73 Å². The third kappa shape index (κ3) is 2.03. The summed E-state index contributed by atoms with van der Waals surface area (Å²) in [4.78, 5) is 4.43. The van der Waals surface area contributed by atoms with Crippen LogP contribution in [0.5, 0.6) is 0 Å². The van der Waals surface area contributed by atoms with Gasteiger partial charge in [-0.25, -0.2) is 0 Å². The van der Waals surface area contributed by atoms with Gasteiger partial charge in [-0.3, -0.25) is 4.98 Å². The quantitative estimate of drug-likeness (QED) is 0.807. The second kappa shape index (κ2) is 4.21. The molecule has 0 bridgehead atoms. The second-order valence-corrected chi connectivity index (χ2v) is 4.61. The molecule has 0 radical (unpaired) electrons. The Hall–Kier alpha value is -1.83. The molecule has 0 aliphatic carbocycles. The number of rotatable bonds is 1. The maximum atomic E-state index is 5.68. The molecule has 88 valence electrons. The normalized spacial score (nSPS) is 10.6. The number of nitrogens with zero attached hydrogens (tertiary/aromatic N) is 1. The molecule has 0 saturated carbocycles. The Morgan fingerprint density at radius 3 is 2.00 bits per heavy atom. The van der Waals surface area contributed by atoms with Gasteiger partial charge in [0.2, 0.25) is 0 Å². The molecule has 2 heteroatoms. The zero-order valence-corrected chi connectivity index (χ0v) is 10.8. The minimum atomic E-state index is 0.702. The Bertz CT molecular complexity index is 528. The fraction of sp³-hybridized carbons (Fsp3) is 0.267. The van der Waals surface area contributed by atoms with Crippen LogP contribution >= 0.6 is 0 Å². The van der Waals surface area contributed by atoms with Gasteiger partial charge in [0.25, 0.3) is 0 Å². The summed E-state index contributed by atoms with van der Waals surface area (Å²) in [6, 6.07) is 6.12. The van der Waals surface area contributed by atoms with Gasteiger partial charge in [0.15, 0.2) is 0 Å². The lowest BCUT2D eigenvalue weighted by atomic mass is 9.92. The van der Waals surface area contributed by atoms with Crippen LogP contribution in [0.25, 0.3) is 11.3 Å². The predicted octanol–water partition coefficient (Wildman–Crippen LogP) is 3.56. The number of hydrogen-bond acceptors (Lipinski definition) is 2. The summed E-state index contributed by atoms with van der Waals surface area (Å²) in [5.74, 6) is 0. The molecular weight excluding hydrogens is 208 g/mol. The van der Waals surface area contributed by atoms with E-state index in [1.807, 2.05) is 12.1 Å². The molecule has 0 unspecified atom stereocenters. The third-order valence-electron chi connectivity index (χ3n) is 3.41. The number of aromatic nitrogens is 1. The van der Waals surface area contributed by atoms with E-state index in [0.29, 0.717) is 5.69 Å². The smallest absolute Gasteiger partial charge is 0.0709 e. The molecule has 17 heavy (non-hydrogen) atoms. The van der Waals surface area contributed by atoms with Gasteiger partial charge in [-0.15, -0.1) is 0 Å². The minimum absolute atomic E-state index is 0.702. The maximum Gasteiger partial charge on any atom is 0.0709 e. The van der Waals surface area contributed by atoms with E-state index in [0.717, 1.165) is 5.69 Å². The molecule has 2 nitrogen and oxygen atoms in total. The topological polar surface area (TPSA) is 38.9 Å². The van der Waals surface area contributed by atoms with E-state index in [9.17, 15) is 0 Å². The lowest BCUT2D eigenvalue weighted by Gasteiger charge is -2.14. The Balaban J connectivity index is 2.70. The van der Waals surface area contributed by atoms with Gasteiger partial charge in [-0.1, -0.05) is 6.07 Å². The van der Waals surface area contributed by atoms with Crippen LogP contribution in [0.3, 0.4) is 0 Å². The van der Waals surface area contributed by atoms with E-state index < -0.39 is 0 Å². The summed E-state index contributed by atoms with van der Waals surface area (Å²) in [7, 11) is 0. The highest BCUT2D eigenvalue weighted by Gasteiger charge is 2.11. The maximum absolute atomic E-state index is 5.68. The number of pyridine rings is 1. The SMILES string of the molecule is Cc1cc(C)c(C)c(-c2ccc(N)cn2)c1C. The van der Waals surface area contributed by atoms with Crippen LogP contribution in [-0.2, 0) is 0 Å². The average molecular weight is 226 g/mol. The zero-order chi connectivity index (χ0) is 12.6. The van der Waals surface area contributed by atoms with Crippen LogP contribution in [0, 0.1) is 27.7 Å². The van der Waals surface area contributed by atoms with Crippen molar-refractivity contribution in [1.82, 2.24) is 4.98 Å². The standard InChI is InChI=1S/C15H18N2/c1-9-7-10(2)12(4)15(11(9)3)14-6-5-13(16)8-17-14/h5-8H,16H2,1-4H3. The fourth-order valence-corrected chi connectivity index (χ4v) is 2.15. The Kier molecular flexibility index (Phi) is 2.88. The molecule has 2 aromatic rings. The van der Waals surface area contributed by atoms with E-state index in [1.165, 1.54) is 27.8 Å². The Morgan fingerprint density at radius 1 is 0.941 bits per heavy atom. The van der Waals surface area contributed by atoms with Crippen LogP contribution in [-0.4, -0.2) is 4.98 Å². The summed E-state index contributed by atoms with van der Waals surface area (Å²) >= 11 is 0. The molecule has 0 aliphatic rings. The van der Waals surface area contributed by atoms with Crippen molar-refractivity contribution >= 4 is 5.69 Å². The average Bonchev–Trinajstić information content (AvgIpc) is 2.29. The molecule has 2 rings (SSSR count). The first-order chi connectivity index (χ1) is 8.00. The van der Waals surface area contributed by atoms with Gasteiger partial charge in [-0.05, 0) is 62.1 Å². The molecule has 1 aromatic heterocycles. The van der Waals surface area contributed by atoms with Crippen molar-refractivity contribution in [2.75, 3.05) is 5.73 Å². The van der Waals surface area contributed by atoms with Gasteiger partial charge >= 0.3 is 0 Å². The summed E-state index contributed by atoms with van der Waals surface area (Å²) in [5, 5.41) is 0. The molecule has 0 fully saturated rings. The molecular formula is C15H18N2. The summed E-state index contributed by atoms with van der Waals surface area (Å²) in [6.07, 6.45) is 1.71. The monoisotopic (exact) mass is 226 g/mol. The molecule has 0 spiro atoms. The Labute approximate surface area is 103 Å². The van der Waals surface area contributed by atoms with E-state index >= 15 is 0 Å². The van der Waals surface area contributed by atoms with Gasteiger partial charge in [0.1, 0.15) is 0 Å². The summed E-state index contributed by atoms with van der Waals surface area (Å²) in [6.45, 7) is 8.58. The number of nitrogen functional groups attached to an aromatic ring is 1. The van der Waals surface area contributed by atoms with Crippen molar-refractivity contribution in [1.29, 1.82) is 0 Å². The molecule has 0 amide bonds. The van der Waals surface area contributed by atoms with Crippen LogP contribution in [0.1, 0.15) is 22.3 Å². The van der Waals surface area contributed by atoms with Gasteiger partial charge in [0, 0.05) is 5.56 Å². The minimum Gasteiger partial charge on any atom is -0.397 e. The van der Waals surface area contributed by atoms with Crippen molar-refractivity contribution in [2.24, 2.45) is 0 Å². The lowest BCUT2D eigenvalue weighted by molar-refractivity contribution is 1.21. The molecule has 2 N–H and O–H groups in total. The molecule has 1 heterocycles. The molecule has 0 saturated heterocycles. The van der Waals surface area contributed by atoms with E-state index in [1.54, 1.807) is 6.20 Å². The number of aryl methyl sites for hydroxylation is 2. The highest BCUT2D eigenvalue weighted by atomic mass is 14.7. The Morgan fingerprint density at radius 2 is 1.53 bits per heavy atom. The summed E-state index contributed by atoms with van der Waals surface area (Å²) in [5.41, 5.74) is 13.8. The van der Waals surface area contributed by atoms with Gasteiger partial charge in [0.05, 0.1) is 17.6 Å². The van der Waals surface area contributed by atoms with Crippen LogP contribution in [0.15, 0.2) is 24.4 Å². The van der Waals surface area contributed by atoms with Crippen LogP contribution in [0.2, 0.25) is 0 Å². The lowest BCUT2D eigenvalue weighted by Crippen LogP contribution is -1.97. The number of benzene rings is 1. The number of hydrogen-bond donors (Lipinski definition) is 1. The predicted molar refractivity (Wildman–Crippen MR) is 73.0 cm³/mol. The largest absolute Gasteiger partial charge is 0.397 e. The first-order valence-electron chi connectivity index (χ1n) is 5.80. The van der Waals surface area contributed by atoms with Crippen LogP contribution in [0.4, 0.5) is 5.69 Å². The summed E-state index contributed by atoms with van der Waals surface area (Å²) < 4.78 is 0. The molecule has 0 aliphatic heterocycles. The number of anilines is 1. The van der Waals surface area contributed by atoms with E-state index in [2.05, 4.69) is 38.7 Å². The van der Waals surface area contributed by atoms with Crippen molar-refractivity contribution in [2.45, 2.75) is 27.7 Å². The fourth-order valence-electron chi connectivity index (χ4n) is 2.15. The zero-order valence-electron chi connectivity index (χ0n) is 10.8.